The largest absolute Gasteiger partial charge is 0.394 e. The minimum Gasteiger partial charge on any atom is -0.394 e. The van der Waals surface area contributed by atoms with Crippen molar-refractivity contribution in [3.05, 3.63) is 18.6 Å². The number of imidazole rings is 1. The average Bonchev–Trinajstić information content (AvgIpc) is 2.67. The predicted molar refractivity (Wildman–Crippen MR) is 65.8 cm³/mol. The molecule has 1 saturated carbocycles. The molecule has 5 heteroatoms. The second-order valence-electron chi connectivity index (χ2n) is 4.80. The summed E-state index contributed by atoms with van der Waals surface area (Å²) in [5.74, 6) is 0.775. The van der Waals surface area contributed by atoms with Crippen LogP contribution in [0.4, 0.5) is 5.82 Å². The van der Waals surface area contributed by atoms with Crippen LogP contribution in [0.1, 0.15) is 19.3 Å². The molecular weight excluding hydrogens is 216 g/mol. The molecule has 17 heavy (non-hydrogen) atoms. The van der Waals surface area contributed by atoms with Gasteiger partial charge in [-0.15, -0.1) is 0 Å². The van der Waals surface area contributed by atoms with Crippen LogP contribution in [-0.2, 0) is 7.05 Å². The van der Waals surface area contributed by atoms with Crippen molar-refractivity contribution >= 4 is 16.9 Å². The van der Waals surface area contributed by atoms with E-state index in [2.05, 4.69) is 15.3 Å². The molecule has 0 amide bonds. The lowest BCUT2D eigenvalue weighted by Crippen LogP contribution is -2.48. The van der Waals surface area contributed by atoms with Gasteiger partial charge in [0.05, 0.1) is 24.0 Å². The second-order valence-corrected chi connectivity index (χ2v) is 4.80. The summed E-state index contributed by atoms with van der Waals surface area (Å²) in [7, 11) is 1.96. The maximum absolute atomic E-state index is 9.46. The standard InChI is InChI=1S/C12H16N4O/c1-16-8-14-10-9(16)3-6-13-11(10)15-12(7-17)4-2-5-12/h3,6,8,17H,2,4-5,7H2,1H3,(H,13,15). The highest BCUT2D eigenvalue weighted by molar-refractivity contribution is 5.86. The van der Waals surface area contributed by atoms with Crippen molar-refractivity contribution < 1.29 is 5.11 Å². The highest BCUT2D eigenvalue weighted by Gasteiger charge is 2.37. The van der Waals surface area contributed by atoms with Crippen LogP contribution in [0.5, 0.6) is 0 Å². The maximum Gasteiger partial charge on any atom is 0.154 e. The van der Waals surface area contributed by atoms with E-state index in [0.717, 1.165) is 36.1 Å². The first-order chi connectivity index (χ1) is 8.24. The number of nitrogens with zero attached hydrogens (tertiary/aromatic N) is 3. The van der Waals surface area contributed by atoms with Gasteiger partial charge in [-0.2, -0.15) is 0 Å². The van der Waals surface area contributed by atoms with Gasteiger partial charge in [0.15, 0.2) is 5.82 Å². The Bertz CT molecular complexity index is 539. The summed E-state index contributed by atoms with van der Waals surface area (Å²) < 4.78 is 1.97. The van der Waals surface area contributed by atoms with Gasteiger partial charge in [-0.3, -0.25) is 0 Å². The molecule has 0 spiro atoms. The normalized spacial score (nSPS) is 18.0. The molecular formula is C12H16N4O. The lowest BCUT2D eigenvalue weighted by atomic mass is 9.77. The first-order valence-corrected chi connectivity index (χ1v) is 5.89. The first kappa shape index (κ1) is 10.5. The lowest BCUT2D eigenvalue weighted by Gasteiger charge is -2.41. The molecule has 1 fully saturated rings. The highest BCUT2D eigenvalue weighted by Crippen LogP contribution is 2.35. The van der Waals surface area contributed by atoms with Gasteiger partial charge in [-0.05, 0) is 25.3 Å². The molecule has 0 aromatic carbocycles. The van der Waals surface area contributed by atoms with Crippen molar-refractivity contribution in [3.8, 4) is 0 Å². The molecule has 3 rings (SSSR count). The number of pyridine rings is 1. The fourth-order valence-electron chi connectivity index (χ4n) is 2.33. The second kappa shape index (κ2) is 3.70. The summed E-state index contributed by atoms with van der Waals surface area (Å²) >= 11 is 0. The molecule has 5 nitrogen and oxygen atoms in total. The van der Waals surface area contributed by atoms with Crippen LogP contribution < -0.4 is 5.32 Å². The molecule has 2 N–H and O–H groups in total. The van der Waals surface area contributed by atoms with Gasteiger partial charge in [0.25, 0.3) is 0 Å². The molecule has 1 aliphatic rings. The number of hydrogen-bond acceptors (Lipinski definition) is 4. The number of aliphatic hydroxyl groups is 1. The Morgan fingerprint density at radius 2 is 2.29 bits per heavy atom. The van der Waals surface area contributed by atoms with Crippen LogP contribution in [-0.4, -0.2) is 31.8 Å². The zero-order chi connectivity index (χ0) is 11.9. The highest BCUT2D eigenvalue weighted by atomic mass is 16.3. The Morgan fingerprint density at radius 3 is 2.94 bits per heavy atom. The van der Waals surface area contributed by atoms with Crippen LogP contribution in [0.3, 0.4) is 0 Å². The summed E-state index contributed by atoms with van der Waals surface area (Å²) in [5, 5.41) is 12.8. The number of hydrogen-bond donors (Lipinski definition) is 2. The Morgan fingerprint density at radius 1 is 1.47 bits per heavy atom. The zero-order valence-electron chi connectivity index (χ0n) is 9.85. The van der Waals surface area contributed by atoms with Gasteiger partial charge in [0.2, 0.25) is 0 Å². The third kappa shape index (κ3) is 1.58. The molecule has 0 bridgehead atoms. The molecule has 1 aliphatic carbocycles. The van der Waals surface area contributed by atoms with Crippen LogP contribution in [0.2, 0.25) is 0 Å². The molecule has 2 aromatic rings. The zero-order valence-corrected chi connectivity index (χ0v) is 9.85. The Hall–Kier alpha value is -1.62. The minimum absolute atomic E-state index is 0.151. The van der Waals surface area contributed by atoms with Crippen molar-refractivity contribution in [1.29, 1.82) is 0 Å². The SMILES string of the molecule is Cn1cnc2c(NC3(CO)CCC3)nccc21. The van der Waals surface area contributed by atoms with Gasteiger partial charge in [-0.1, -0.05) is 0 Å². The molecule has 0 unspecified atom stereocenters. The van der Waals surface area contributed by atoms with Crippen LogP contribution in [0, 0.1) is 0 Å². The molecule has 2 aromatic heterocycles. The topological polar surface area (TPSA) is 63.0 Å². The van der Waals surface area contributed by atoms with Crippen molar-refractivity contribution in [2.24, 2.45) is 7.05 Å². The van der Waals surface area contributed by atoms with Crippen LogP contribution in [0.25, 0.3) is 11.0 Å². The quantitative estimate of drug-likeness (QED) is 0.837. The Balaban J connectivity index is 2.00. The van der Waals surface area contributed by atoms with Gasteiger partial charge in [0, 0.05) is 13.2 Å². The average molecular weight is 232 g/mol. The monoisotopic (exact) mass is 232 g/mol. The third-order valence-corrected chi connectivity index (χ3v) is 3.64. The summed E-state index contributed by atoms with van der Waals surface area (Å²) in [4.78, 5) is 8.69. The van der Waals surface area contributed by atoms with Crippen molar-refractivity contribution in [2.75, 3.05) is 11.9 Å². The third-order valence-electron chi connectivity index (χ3n) is 3.64. The summed E-state index contributed by atoms with van der Waals surface area (Å²) in [6.45, 7) is 0.151. The number of nitrogens with one attached hydrogen (secondary N) is 1. The van der Waals surface area contributed by atoms with Crippen molar-refractivity contribution in [2.45, 2.75) is 24.8 Å². The fraction of sp³-hybridized carbons (Fsp3) is 0.500. The van der Waals surface area contributed by atoms with E-state index in [1.54, 1.807) is 12.5 Å². The Labute approximate surface area is 99.5 Å². The fourth-order valence-corrected chi connectivity index (χ4v) is 2.33. The van der Waals surface area contributed by atoms with Gasteiger partial charge in [0.1, 0.15) is 5.52 Å². The van der Waals surface area contributed by atoms with E-state index in [1.807, 2.05) is 17.7 Å². The maximum atomic E-state index is 9.46. The van der Waals surface area contributed by atoms with E-state index in [-0.39, 0.29) is 12.1 Å². The number of aryl methyl sites for hydroxylation is 1. The van der Waals surface area contributed by atoms with Gasteiger partial charge < -0.3 is 15.0 Å². The molecule has 0 saturated heterocycles. The number of rotatable bonds is 3. The molecule has 0 atom stereocenters. The van der Waals surface area contributed by atoms with E-state index in [0.29, 0.717) is 0 Å². The molecule has 90 valence electrons. The summed E-state index contributed by atoms with van der Waals surface area (Å²) in [6, 6.07) is 1.94. The number of anilines is 1. The minimum atomic E-state index is -0.182. The van der Waals surface area contributed by atoms with Crippen molar-refractivity contribution in [1.82, 2.24) is 14.5 Å². The van der Waals surface area contributed by atoms with Crippen LogP contribution in [0.15, 0.2) is 18.6 Å². The number of fused-ring (bicyclic) bond motifs is 1. The number of aliphatic hydroxyl groups excluding tert-OH is 1. The predicted octanol–water partition coefficient (Wildman–Crippen LogP) is 1.30. The summed E-state index contributed by atoms with van der Waals surface area (Å²) in [6.07, 6.45) is 6.70. The van der Waals surface area contributed by atoms with Gasteiger partial charge in [-0.25, -0.2) is 9.97 Å². The van der Waals surface area contributed by atoms with E-state index in [4.69, 9.17) is 0 Å². The van der Waals surface area contributed by atoms with E-state index in [9.17, 15) is 5.11 Å². The van der Waals surface area contributed by atoms with Crippen LogP contribution >= 0.6 is 0 Å². The van der Waals surface area contributed by atoms with Crippen molar-refractivity contribution in [3.63, 3.8) is 0 Å². The molecule has 0 radical (unpaired) electrons. The molecule has 0 aliphatic heterocycles. The first-order valence-electron chi connectivity index (χ1n) is 5.89. The summed E-state index contributed by atoms with van der Waals surface area (Å²) in [5.41, 5.74) is 1.74. The smallest absolute Gasteiger partial charge is 0.154 e. The van der Waals surface area contributed by atoms with E-state index in [1.165, 1.54) is 0 Å². The number of aromatic nitrogens is 3. The van der Waals surface area contributed by atoms with E-state index >= 15 is 0 Å². The molecule has 2 heterocycles. The Kier molecular flexibility index (Phi) is 2.29. The van der Waals surface area contributed by atoms with E-state index < -0.39 is 0 Å². The lowest BCUT2D eigenvalue weighted by molar-refractivity contribution is 0.144. The van der Waals surface area contributed by atoms with Gasteiger partial charge >= 0.3 is 0 Å².